The zero-order valence-electron chi connectivity index (χ0n) is 11.7. The number of likely N-dealkylation sites (tertiary alicyclic amines) is 1. The fourth-order valence-corrected chi connectivity index (χ4v) is 2.96. The maximum Gasteiger partial charge on any atom is 0.224 e. The topological polar surface area (TPSA) is 44.4 Å². The van der Waals surface area contributed by atoms with Crippen molar-refractivity contribution in [2.45, 2.75) is 39.2 Å². The summed E-state index contributed by atoms with van der Waals surface area (Å²) in [5.41, 5.74) is 0. The van der Waals surface area contributed by atoms with E-state index in [0.717, 1.165) is 39.0 Å². The van der Waals surface area contributed by atoms with E-state index in [4.69, 9.17) is 0 Å². The number of nitrogens with one attached hydrogen (secondary N) is 2. The van der Waals surface area contributed by atoms with E-state index in [0.29, 0.717) is 12.0 Å². The van der Waals surface area contributed by atoms with E-state index < -0.39 is 0 Å². The zero-order chi connectivity index (χ0) is 13.0. The third-order valence-electron chi connectivity index (χ3n) is 4.28. The molecule has 2 rings (SSSR count). The van der Waals surface area contributed by atoms with Gasteiger partial charge < -0.3 is 15.5 Å². The number of hydrogen-bond acceptors (Lipinski definition) is 3. The van der Waals surface area contributed by atoms with Gasteiger partial charge in [-0.15, -0.1) is 0 Å². The molecule has 4 nitrogen and oxygen atoms in total. The molecular weight excluding hydrogens is 226 g/mol. The predicted molar refractivity (Wildman–Crippen MR) is 73.4 cm³/mol. The van der Waals surface area contributed by atoms with Gasteiger partial charge in [-0.05, 0) is 52.1 Å². The van der Waals surface area contributed by atoms with E-state index in [9.17, 15) is 4.79 Å². The minimum Gasteiger partial charge on any atom is -0.355 e. The van der Waals surface area contributed by atoms with Crippen LogP contribution in [0.1, 0.15) is 33.1 Å². The van der Waals surface area contributed by atoms with Gasteiger partial charge in [0.05, 0.1) is 5.92 Å². The van der Waals surface area contributed by atoms with Gasteiger partial charge in [0.2, 0.25) is 5.91 Å². The van der Waals surface area contributed by atoms with Crippen LogP contribution in [0.2, 0.25) is 0 Å². The fraction of sp³-hybridized carbons (Fsp3) is 0.929. The summed E-state index contributed by atoms with van der Waals surface area (Å²) in [7, 11) is 0. The quantitative estimate of drug-likeness (QED) is 0.780. The number of hydrogen-bond donors (Lipinski definition) is 2. The molecule has 0 aromatic heterocycles. The molecule has 0 radical (unpaired) electrons. The molecule has 2 aliphatic rings. The third kappa shape index (κ3) is 3.69. The van der Waals surface area contributed by atoms with E-state index >= 15 is 0 Å². The van der Waals surface area contributed by atoms with Crippen LogP contribution < -0.4 is 10.6 Å². The Bertz CT molecular complexity index is 274. The van der Waals surface area contributed by atoms with Crippen LogP contribution in [0.4, 0.5) is 0 Å². The predicted octanol–water partition coefficient (Wildman–Crippen LogP) is 0.833. The lowest BCUT2D eigenvalue weighted by atomic mass is 9.98. The fourth-order valence-electron chi connectivity index (χ4n) is 2.96. The summed E-state index contributed by atoms with van der Waals surface area (Å²) in [6.45, 7) is 9.59. The van der Waals surface area contributed by atoms with E-state index in [2.05, 4.69) is 29.4 Å². The Kier molecular flexibility index (Phi) is 5.01. The molecule has 0 aromatic rings. The molecule has 2 heterocycles. The van der Waals surface area contributed by atoms with E-state index in [1.807, 2.05) is 0 Å². The summed E-state index contributed by atoms with van der Waals surface area (Å²) < 4.78 is 0. The Morgan fingerprint density at radius 3 is 2.89 bits per heavy atom. The van der Waals surface area contributed by atoms with Crippen molar-refractivity contribution in [3.63, 3.8) is 0 Å². The molecule has 0 saturated carbocycles. The number of carbonyl (C=O) groups excluding carboxylic acids is 1. The second-order valence-corrected chi connectivity index (χ2v) is 6.03. The summed E-state index contributed by atoms with van der Waals surface area (Å²) in [6, 6.07) is 0.633. The molecule has 4 heteroatoms. The van der Waals surface area contributed by atoms with Gasteiger partial charge in [-0.25, -0.2) is 0 Å². The summed E-state index contributed by atoms with van der Waals surface area (Å²) in [6.07, 6.45) is 3.39. The minimum atomic E-state index is 0.196. The van der Waals surface area contributed by atoms with Gasteiger partial charge in [0, 0.05) is 25.7 Å². The average Bonchev–Trinajstić information content (AvgIpc) is 2.86. The number of piperidine rings is 1. The molecule has 1 amide bonds. The van der Waals surface area contributed by atoms with Crippen molar-refractivity contribution in [2.75, 3.05) is 32.7 Å². The van der Waals surface area contributed by atoms with Crippen LogP contribution in [0, 0.1) is 11.8 Å². The van der Waals surface area contributed by atoms with Crippen molar-refractivity contribution in [2.24, 2.45) is 11.8 Å². The van der Waals surface area contributed by atoms with Crippen molar-refractivity contribution >= 4 is 5.91 Å². The zero-order valence-corrected chi connectivity index (χ0v) is 11.7. The Hall–Kier alpha value is -0.610. The maximum absolute atomic E-state index is 12.0. The van der Waals surface area contributed by atoms with Crippen molar-refractivity contribution in [3.8, 4) is 0 Å². The molecule has 2 N–H and O–H groups in total. The molecule has 0 bridgehead atoms. The van der Waals surface area contributed by atoms with Gasteiger partial charge in [0.15, 0.2) is 0 Å². The highest BCUT2D eigenvalue weighted by Crippen LogP contribution is 2.18. The first-order valence-corrected chi connectivity index (χ1v) is 7.39. The monoisotopic (exact) mass is 253 g/mol. The number of amides is 1. The Morgan fingerprint density at radius 1 is 1.44 bits per heavy atom. The van der Waals surface area contributed by atoms with Gasteiger partial charge in [0.1, 0.15) is 0 Å². The van der Waals surface area contributed by atoms with Crippen molar-refractivity contribution in [1.82, 2.24) is 15.5 Å². The van der Waals surface area contributed by atoms with Gasteiger partial charge in [0.25, 0.3) is 0 Å². The van der Waals surface area contributed by atoms with Crippen LogP contribution in [0.3, 0.4) is 0 Å². The molecule has 2 atom stereocenters. The summed E-state index contributed by atoms with van der Waals surface area (Å²) in [5.74, 6) is 1.10. The molecule has 18 heavy (non-hydrogen) atoms. The average molecular weight is 253 g/mol. The van der Waals surface area contributed by atoms with Gasteiger partial charge in [-0.3, -0.25) is 4.79 Å². The smallest absolute Gasteiger partial charge is 0.224 e. The number of rotatable bonds is 4. The summed E-state index contributed by atoms with van der Waals surface area (Å²) in [5, 5.41) is 6.44. The summed E-state index contributed by atoms with van der Waals surface area (Å²) >= 11 is 0. The van der Waals surface area contributed by atoms with Crippen LogP contribution in [-0.2, 0) is 4.79 Å². The summed E-state index contributed by atoms with van der Waals surface area (Å²) in [4.78, 5) is 14.5. The molecule has 1 unspecified atom stereocenters. The highest BCUT2D eigenvalue weighted by molar-refractivity contribution is 5.78. The Morgan fingerprint density at radius 2 is 2.28 bits per heavy atom. The van der Waals surface area contributed by atoms with Crippen LogP contribution >= 0.6 is 0 Å². The van der Waals surface area contributed by atoms with Crippen molar-refractivity contribution in [3.05, 3.63) is 0 Å². The second-order valence-electron chi connectivity index (χ2n) is 6.03. The normalized spacial score (nSPS) is 29.7. The van der Waals surface area contributed by atoms with Gasteiger partial charge in [-0.2, -0.15) is 0 Å². The molecule has 2 aliphatic heterocycles. The van der Waals surface area contributed by atoms with Crippen LogP contribution in [-0.4, -0.2) is 49.6 Å². The molecule has 2 fully saturated rings. The molecule has 2 saturated heterocycles. The van der Waals surface area contributed by atoms with E-state index in [1.54, 1.807) is 0 Å². The largest absolute Gasteiger partial charge is 0.355 e. The van der Waals surface area contributed by atoms with E-state index in [-0.39, 0.29) is 11.8 Å². The first-order valence-electron chi connectivity index (χ1n) is 7.39. The first-order chi connectivity index (χ1) is 8.66. The lowest BCUT2D eigenvalue weighted by Gasteiger charge is -2.23. The molecule has 104 valence electrons. The number of carbonyl (C=O) groups is 1. The van der Waals surface area contributed by atoms with Gasteiger partial charge >= 0.3 is 0 Å². The first kappa shape index (κ1) is 13.8. The van der Waals surface area contributed by atoms with E-state index in [1.165, 1.54) is 13.0 Å². The van der Waals surface area contributed by atoms with Crippen LogP contribution in [0.25, 0.3) is 0 Å². The standard InChI is InChI=1S/C14H27N3O/c1-11(2)17-7-5-12(10-17)8-16-14(18)13-4-3-6-15-9-13/h11-13,15H,3-10H2,1-2H3,(H,16,18)/t12?,13-/m0/s1. The lowest BCUT2D eigenvalue weighted by molar-refractivity contribution is -0.125. The molecular formula is C14H27N3O. The Labute approximate surface area is 110 Å². The lowest BCUT2D eigenvalue weighted by Crippen LogP contribution is -2.42. The molecule has 0 spiro atoms. The maximum atomic E-state index is 12.0. The van der Waals surface area contributed by atoms with Crippen LogP contribution in [0.15, 0.2) is 0 Å². The minimum absolute atomic E-state index is 0.196. The second kappa shape index (κ2) is 6.53. The number of nitrogens with zero attached hydrogens (tertiary/aromatic N) is 1. The molecule has 0 aromatic carbocycles. The highest BCUT2D eigenvalue weighted by atomic mass is 16.1. The van der Waals surface area contributed by atoms with Crippen LogP contribution in [0.5, 0.6) is 0 Å². The molecule has 0 aliphatic carbocycles. The third-order valence-corrected chi connectivity index (χ3v) is 4.28. The van der Waals surface area contributed by atoms with Crippen molar-refractivity contribution < 1.29 is 4.79 Å². The highest BCUT2D eigenvalue weighted by Gasteiger charge is 2.26. The Balaban J connectivity index is 1.67. The van der Waals surface area contributed by atoms with Crippen molar-refractivity contribution in [1.29, 1.82) is 0 Å². The SMILES string of the molecule is CC(C)N1CCC(CNC(=O)[C@H]2CCCNC2)C1. The van der Waals surface area contributed by atoms with Gasteiger partial charge in [-0.1, -0.05) is 0 Å².